The Morgan fingerprint density at radius 1 is 1.40 bits per heavy atom. The molecule has 1 saturated heterocycles. The van der Waals surface area contributed by atoms with Crippen LogP contribution in [0.5, 0.6) is 0 Å². The van der Waals surface area contributed by atoms with Crippen molar-refractivity contribution in [3.05, 3.63) is 47.3 Å². The fraction of sp³-hybridized carbons (Fsp3) is 0.474. The molecule has 134 valence electrons. The summed E-state index contributed by atoms with van der Waals surface area (Å²) in [4.78, 5) is 12.0. The molecule has 1 aromatic heterocycles. The van der Waals surface area contributed by atoms with E-state index < -0.39 is 0 Å². The fourth-order valence-electron chi connectivity index (χ4n) is 3.01. The first-order valence-electron chi connectivity index (χ1n) is 8.69. The molecule has 1 N–H and O–H groups in total. The number of benzene rings is 1. The Morgan fingerprint density at radius 2 is 2.28 bits per heavy atom. The van der Waals surface area contributed by atoms with Gasteiger partial charge in [-0.3, -0.25) is 9.48 Å². The second kappa shape index (κ2) is 8.27. The molecule has 6 heteroatoms. The van der Waals surface area contributed by atoms with Crippen molar-refractivity contribution in [2.45, 2.75) is 39.3 Å². The second-order valence-corrected chi connectivity index (χ2v) is 6.48. The molecule has 1 atom stereocenters. The van der Waals surface area contributed by atoms with E-state index in [1.807, 2.05) is 42.8 Å². The summed E-state index contributed by atoms with van der Waals surface area (Å²) in [5.74, 6) is -0.152. The van der Waals surface area contributed by atoms with Gasteiger partial charge in [-0.25, -0.2) is 0 Å². The maximum absolute atomic E-state index is 12.0. The molecule has 25 heavy (non-hydrogen) atoms. The van der Waals surface area contributed by atoms with E-state index in [2.05, 4.69) is 16.5 Å². The van der Waals surface area contributed by atoms with Gasteiger partial charge in [0.25, 0.3) is 0 Å². The van der Waals surface area contributed by atoms with Gasteiger partial charge in [0.2, 0.25) is 5.91 Å². The monoisotopic (exact) mass is 343 g/mol. The van der Waals surface area contributed by atoms with Gasteiger partial charge in [-0.1, -0.05) is 12.1 Å². The predicted molar refractivity (Wildman–Crippen MR) is 95.7 cm³/mol. The SMILES string of the molecule is Cc1cc(C)n(Cc2cccc(NC(=O)COCC3CCCO3)c2)n1. The summed E-state index contributed by atoms with van der Waals surface area (Å²) < 4.78 is 12.9. The number of anilines is 1. The number of carbonyl (C=O) groups is 1. The summed E-state index contributed by atoms with van der Waals surface area (Å²) >= 11 is 0. The first-order valence-corrected chi connectivity index (χ1v) is 8.69. The number of amides is 1. The van der Waals surface area contributed by atoms with Crippen LogP contribution in [0.25, 0.3) is 0 Å². The van der Waals surface area contributed by atoms with E-state index in [1.54, 1.807) is 0 Å². The van der Waals surface area contributed by atoms with Crippen LogP contribution in [0.1, 0.15) is 29.8 Å². The van der Waals surface area contributed by atoms with Crippen molar-refractivity contribution in [3.8, 4) is 0 Å². The molecule has 0 spiro atoms. The first kappa shape index (κ1) is 17.6. The lowest BCUT2D eigenvalue weighted by Gasteiger charge is -2.11. The van der Waals surface area contributed by atoms with Crippen molar-refractivity contribution in [1.82, 2.24) is 9.78 Å². The van der Waals surface area contributed by atoms with Crippen LogP contribution in [-0.4, -0.2) is 41.6 Å². The van der Waals surface area contributed by atoms with Gasteiger partial charge < -0.3 is 14.8 Å². The number of rotatable bonds is 7. The van der Waals surface area contributed by atoms with Crippen molar-refractivity contribution in [1.29, 1.82) is 0 Å². The summed E-state index contributed by atoms with van der Waals surface area (Å²) in [7, 11) is 0. The number of hydrogen-bond donors (Lipinski definition) is 1. The molecule has 0 bridgehead atoms. The van der Waals surface area contributed by atoms with Crippen molar-refractivity contribution >= 4 is 11.6 Å². The molecule has 0 radical (unpaired) electrons. The minimum Gasteiger partial charge on any atom is -0.376 e. The summed E-state index contributed by atoms with van der Waals surface area (Å²) in [6, 6.07) is 9.86. The molecule has 1 aliphatic heterocycles. The Bertz CT molecular complexity index is 720. The highest BCUT2D eigenvalue weighted by Crippen LogP contribution is 2.14. The average molecular weight is 343 g/mol. The molecule has 1 aliphatic rings. The Balaban J connectivity index is 1.50. The van der Waals surface area contributed by atoms with Crippen LogP contribution in [0.2, 0.25) is 0 Å². The molecular weight excluding hydrogens is 318 g/mol. The van der Waals surface area contributed by atoms with Crippen molar-refractivity contribution in [2.24, 2.45) is 0 Å². The normalized spacial score (nSPS) is 17.0. The van der Waals surface area contributed by atoms with Gasteiger partial charge in [0.1, 0.15) is 6.61 Å². The molecule has 2 heterocycles. The minimum absolute atomic E-state index is 0.0432. The molecule has 0 aliphatic carbocycles. The molecule has 2 aromatic rings. The molecule has 1 unspecified atom stereocenters. The van der Waals surface area contributed by atoms with Crippen LogP contribution < -0.4 is 5.32 Å². The highest BCUT2D eigenvalue weighted by molar-refractivity contribution is 5.91. The van der Waals surface area contributed by atoms with Crippen LogP contribution in [0.4, 0.5) is 5.69 Å². The zero-order valence-corrected chi connectivity index (χ0v) is 14.8. The van der Waals surface area contributed by atoms with Crippen LogP contribution in [0.3, 0.4) is 0 Å². The number of carbonyl (C=O) groups excluding carboxylic acids is 1. The molecule has 1 aromatic carbocycles. The molecule has 6 nitrogen and oxygen atoms in total. The number of aryl methyl sites for hydroxylation is 2. The Hall–Kier alpha value is -2.18. The predicted octanol–water partition coefficient (Wildman–Crippen LogP) is 2.68. The molecular formula is C19H25N3O3. The van der Waals surface area contributed by atoms with Crippen LogP contribution in [-0.2, 0) is 20.8 Å². The van der Waals surface area contributed by atoms with Crippen LogP contribution in [0, 0.1) is 13.8 Å². The van der Waals surface area contributed by atoms with Gasteiger partial charge in [-0.2, -0.15) is 5.10 Å². The Labute approximate surface area is 148 Å². The van der Waals surface area contributed by atoms with Crippen LogP contribution >= 0.6 is 0 Å². The van der Waals surface area contributed by atoms with E-state index in [1.165, 1.54) is 0 Å². The molecule has 1 amide bonds. The lowest BCUT2D eigenvalue weighted by atomic mass is 10.2. The quantitative estimate of drug-likeness (QED) is 0.839. The minimum atomic E-state index is -0.152. The third-order valence-corrected chi connectivity index (χ3v) is 4.21. The number of aromatic nitrogens is 2. The van der Waals surface area contributed by atoms with E-state index in [0.717, 1.165) is 42.1 Å². The fourth-order valence-corrected chi connectivity index (χ4v) is 3.01. The second-order valence-electron chi connectivity index (χ2n) is 6.48. The highest BCUT2D eigenvalue weighted by atomic mass is 16.5. The summed E-state index contributed by atoms with van der Waals surface area (Å²) in [6.07, 6.45) is 2.22. The van der Waals surface area contributed by atoms with Crippen molar-refractivity contribution in [2.75, 3.05) is 25.1 Å². The zero-order chi connectivity index (χ0) is 17.6. The zero-order valence-electron chi connectivity index (χ0n) is 14.8. The first-order chi connectivity index (χ1) is 12.1. The molecule has 3 rings (SSSR count). The maximum Gasteiger partial charge on any atom is 0.250 e. The van der Waals surface area contributed by atoms with Gasteiger partial charge >= 0.3 is 0 Å². The van der Waals surface area contributed by atoms with Crippen molar-refractivity contribution in [3.63, 3.8) is 0 Å². The molecule has 0 saturated carbocycles. The van der Waals surface area contributed by atoms with Crippen LogP contribution in [0.15, 0.2) is 30.3 Å². The standard InChI is InChI=1S/C19H25N3O3/c1-14-9-15(2)22(21-14)11-16-5-3-6-17(10-16)20-19(23)13-24-12-18-7-4-8-25-18/h3,5-6,9-10,18H,4,7-8,11-13H2,1-2H3,(H,20,23). The van der Waals surface area contributed by atoms with E-state index >= 15 is 0 Å². The lowest BCUT2D eigenvalue weighted by Crippen LogP contribution is -2.22. The van der Waals surface area contributed by atoms with Gasteiger partial charge in [0.05, 0.1) is 24.9 Å². The molecule has 1 fully saturated rings. The van der Waals surface area contributed by atoms with Gasteiger partial charge in [-0.05, 0) is 50.5 Å². The maximum atomic E-state index is 12.0. The third kappa shape index (κ3) is 5.14. The lowest BCUT2D eigenvalue weighted by molar-refractivity contribution is -0.121. The van der Waals surface area contributed by atoms with Gasteiger partial charge in [0.15, 0.2) is 0 Å². The summed E-state index contributed by atoms with van der Waals surface area (Å²) in [6.45, 7) is 6.02. The number of ether oxygens (including phenoxy) is 2. The van der Waals surface area contributed by atoms with E-state index in [-0.39, 0.29) is 18.6 Å². The number of nitrogens with one attached hydrogen (secondary N) is 1. The van der Waals surface area contributed by atoms with E-state index in [4.69, 9.17) is 9.47 Å². The van der Waals surface area contributed by atoms with Crippen molar-refractivity contribution < 1.29 is 14.3 Å². The summed E-state index contributed by atoms with van der Waals surface area (Å²) in [5, 5.41) is 7.35. The smallest absolute Gasteiger partial charge is 0.250 e. The Kier molecular flexibility index (Phi) is 5.83. The Morgan fingerprint density at radius 3 is 3.00 bits per heavy atom. The van der Waals surface area contributed by atoms with Gasteiger partial charge in [-0.15, -0.1) is 0 Å². The van der Waals surface area contributed by atoms with E-state index in [9.17, 15) is 4.79 Å². The average Bonchev–Trinajstić information content (AvgIpc) is 3.18. The van der Waals surface area contributed by atoms with Gasteiger partial charge in [0, 0.05) is 18.0 Å². The topological polar surface area (TPSA) is 65.4 Å². The summed E-state index contributed by atoms with van der Waals surface area (Å²) in [5.41, 5.74) is 3.98. The third-order valence-electron chi connectivity index (χ3n) is 4.21. The largest absolute Gasteiger partial charge is 0.376 e. The van der Waals surface area contributed by atoms with E-state index in [0.29, 0.717) is 13.2 Å². The highest BCUT2D eigenvalue weighted by Gasteiger charge is 2.16. The number of hydrogen-bond acceptors (Lipinski definition) is 4. The number of nitrogens with zero attached hydrogens (tertiary/aromatic N) is 2.